The van der Waals surface area contributed by atoms with Gasteiger partial charge < -0.3 is 4.74 Å². The lowest BCUT2D eigenvalue weighted by atomic mass is 9.91. The Morgan fingerprint density at radius 3 is 2.38 bits per heavy atom. The SMILES string of the molecule is CCOC(=O)/C=C/c1c(-c2ccccc2)cc(C)c2ccccc12. The Balaban J connectivity index is 2.23. The number of esters is 1. The minimum Gasteiger partial charge on any atom is -0.463 e. The predicted molar refractivity (Wildman–Crippen MR) is 99.8 cm³/mol. The molecule has 3 aromatic rings. The van der Waals surface area contributed by atoms with E-state index >= 15 is 0 Å². The Labute approximate surface area is 142 Å². The number of aryl methyl sites for hydroxylation is 1. The molecule has 0 amide bonds. The summed E-state index contributed by atoms with van der Waals surface area (Å²) in [5.74, 6) is -0.318. The van der Waals surface area contributed by atoms with Crippen LogP contribution in [0.15, 0.2) is 66.7 Å². The van der Waals surface area contributed by atoms with Crippen molar-refractivity contribution in [3.05, 3.63) is 77.9 Å². The number of ether oxygens (including phenoxy) is 1. The van der Waals surface area contributed by atoms with Crippen molar-refractivity contribution in [2.24, 2.45) is 0 Å². The monoisotopic (exact) mass is 316 g/mol. The van der Waals surface area contributed by atoms with E-state index in [-0.39, 0.29) is 5.97 Å². The molecule has 0 saturated carbocycles. The van der Waals surface area contributed by atoms with Crippen molar-refractivity contribution >= 4 is 22.8 Å². The van der Waals surface area contributed by atoms with Crippen molar-refractivity contribution in [1.82, 2.24) is 0 Å². The van der Waals surface area contributed by atoms with E-state index in [1.165, 1.54) is 17.0 Å². The van der Waals surface area contributed by atoms with Gasteiger partial charge >= 0.3 is 5.97 Å². The molecule has 0 unspecified atom stereocenters. The Morgan fingerprint density at radius 1 is 1.00 bits per heavy atom. The van der Waals surface area contributed by atoms with Crippen LogP contribution in [0.1, 0.15) is 18.1 Å². The fourth-order valence-corrected chi connectivity index (χ4v) is 2.96. The molecule has 0 fully saturated rings. The summed E-state index contributed by atoms with van der Waals surface area (Å²) in [5.41, 5.74) is 4.51. The number of benzene rings is 3. The van der Waals surface area contributed by atoms with E-state index in [4.69, 9.17) is 4.74 Å². The summed E-state index contributed by atoms with van der Waals surface area (Å²) in [6.45, 7) is 4.30. The number of hydrogen-bond donors (Lipinski definition) is 0. The maximum atomic E-state index is 11.8. The van der Waals surface area contributed by atoms with Gasteiger partial charge in [0.25, 0.3) is 0 Å². The normalized spacial score (nSPS) is 11.1. The molecule has 0 aliphatic heterocycles. The maximum absolute atomic E-state index is 11.8. The number of carbonyl (C=O) groups excluding carboxylic acids is 1. The average Bonchev–Trinajstić information content (AvgIpc) is 2.62. The highest BCUT2D eigenvalue weighted by molar-refractivity contribution is 6.01. The molecule has 0 heterocycles. The summed E-state index contributed by atoms with van der Waals surface area (Å²) in [4.78, 5) is 11.8. The fraction of sp³-hybridized carbons (Fsp3) is 0.136. The molecule has 0 atom stereocenters. The van der Waals surface area contributed by atoms with Gasteiger partial charge in [-0.15, -0.1) is 0 Å². The number of fused-ring (bicyclic) bond motifs is 1. The summed E-state index contributed by atoms with van der Waals surface area (Å²) < 4.78 is 5.02. The third kappa shape index (κ3) is 3.23. The van der Waals surface area contributed by atoms with Crippen molar-refractivity contribution in [2.45, 2.75) is 13.8 Å². The van der Waals surface area contributed by atoms with Crippen molar-refractivity contribution in [2.75, 3.05) is 6.61 Å². The molecule has 2 nitrogen and oxygen atoms in total. The van der Waals surface area contributed by atoms with Gasteiger partial charge in [0.15, 0.2) is 0 Å². The second-order valence-corrected chi connectivity index (χ2v) is 5.65. The highest BCUT2D eigenvalue weighted by Gasteiger charge is 2.10. The largest absolute Gasteiger partial charge is 0.463 e. The molecule has 120 valence electrons. The first-order valence-electron chi connectivity index (χ1n) is 8.13. The lowest BCUT2D eigenvalue weighted by molar-refractivity contribution is -0.137. The molecular weight excluding hydrogens is 296 g/mol. The van der Waals surface area contributed by atoms with Gasteiger partial charge in [0, 0.05) is 6.08 Å². The fourth-order valence-electron chi connectivity index (χ4n) is 2.96. The van der Waals surface area contributed by atoms with Crippen LogP contribution in [0.2, 0.25) is 0 Å². The van der Waals surface area contributed by atoms with E-state index < -0.39 is 0 Å². The molecule has 0 aliphatic carbocycles. The van der Waals surface area contributed by atoms with Gasteiger partial charge in [0.1, 0.15) is 0 Å². The van der Waals surface area contributed by atoms with Gasteiger partial charge in [-0.3, -0.25) is 0 Å². The molecule has 24 heavy (non-hydrogen) atoms. The maximum Gasteiger partial charge on any atom is 0.330 e. The summed E-state index contributed by atoms with van der Waals surface area (Å²) in [5, 5.41) is 2.33. The molecule has 0 aliphatic rings. The van der Waals surface area contributed by atoms with Crippen LogP contribution in [0, 0.1) is 6.92 Å². The van der Waals surface area contributed by atoms with Crippen molar-refractivity contribution in [3.63, 3.8) is 0 Å². The van der Waals surface area contributed by atoms with E-state index in [0.717, 1.165) is 22.1 Å². The summed E-state index contributed by atoms with van der Waals surface area (Å²) >= 11 is 0. The molecule has 3 rings (SSSR count). The molecule has 0 saturated heterocycles. The Kier molecular flexibility index (Phi) is 4.76. The number of hydrogen-bond acceptors (Lipinski definition) is 2. The predicted octanol–water partition coefficient (Wildman–Crippen LogP) is 5.39. The second kappa shape index (κ2) is 7.14. The number of rotatable bonds is 4. The van der Waals surface area contributed by atoms with E-state index in [0.29, 0.717) is 6.61 Å². The average molecular weight is 316 g/mol. The van der Waals surface area contributed by atoms with Crippen LogP contribution in [0.5, 0.6) is 0 Å². The molecule has 0 N–H and O–H groups in total. The Morgan fingerprint density at radius 2 is 1.67 bits per heavy atom. The number of carbonyl (C=O) groups is 1. The lowest BCUT2D eigenvalue weighted by Gasteiger charge is -2.13. The van der Waals surface area contributed by atoms with E-state index in [2.05, 4.69) is 37.3 Å². The van der Waals surface area contributed by atoms with Gasteiger partial charge in [0.05, 0.1) is 6.61 Å². The first-order valence-corrected chi connectivity index (χ1v) is 8.13. The smallest absolute Gasteiger partial charge is 0.330 e. The Hall–Kier alpha value is -2.87. The van der Waals surface area contributed by atoms with E-state index in [1.54, 1.807) is 0 Å². The first kappa shape index (κ1) is 16.0. The van der Waals surface area contributed by atoms with Gasteiger partial charge in [-0.1, -0.05) is 60.7 Å². The molecule has 2 heteroatoms. The summed E-state index contributed by atoms with van der Waals surface area (Å²) in [7, 11) is 0. The molecule has 0 spiro atoms. The van der Waals surface area contributed by atoms with Crippen molar-refractivity contribution in [1.29, 1.82) is 0 Å². The summed E-state index contributed by atoms with van der Waals surface area (Å²) in [6, 6.07) is 20.7. The van der Waals surface area contributed by atoms with Gasteiger partial charge in [-0.05, 0) is 52.9 Å². The van der Waals surface area contributed by atoms with Crippen molar-refractivity contribution in [3.8, 4) is 11.1 Å². The van der Waals surface area contributed by atoms with Crippen LogP contribution in [0.4, 0.5) is 0 Å². The topological polar surface area (TPSA) is 26.3 Å². The van der Waals surface area contributed by atoms with Gasteiger partial charge in [0.2, 0.25) is 0 Å². The van der Waals surface area contributed by atoms with Crippen molar-refractivity contribution < 1.29 is 9.53 Å². The molecule has 3 aromatic carbocycles. The van der Waals surface area contributed by atoms with Crippen LogP contribution in [-0.2, 0) is 9.53 Å². The van der Waals surface area contributed by atoms with Crippen LogP contribution < -0.4 is 0 Å². The third-order valence-electron chi connectivity index (χ3n) is 4.05. The minimum absolute atomic E-state index is 0.318. The van der Waals surface area contributed by atoms with Crippen LogP contribution in [0.25, 0.3) is 28.0 Å². The van der Waals surface area contributed by atoms with Crippen LogP contribution in [-0.4, -0.2) is 12.6 Å². The zero-order valence-corrected chi connectivity index (χ0v) is 14.0. The Bertz CT molecular complexity index is 892. The highest BCUT2D eigenvalue weighted by Crippen LogP contribution is 2.33. The van der Waals surface area contributed by atoms with Gasteiger partial charge in [-0.2, -0.15) is 0 Å². The van der Waals surface area contributed by atoms with Crippen LogP contribution in [0.3, 0.4) is 0 Å². The second-order valence-electron chi connectivity index (χ2n) is 5.65. The third-order valence-corrected chi connectivity index (χ3v) is 4.05. The zero-order chi connectivity index (χ0) is 16.9. The van der Waals surface area contributed by atoms with Crippen LogP contribution >= 0.6 is 0 Å². The van der Waals surface area contributed by atoms with Gasteiger partial charge in [-0.25, -0.2) is 4.79 Å². The lowest BCUT2D eigenvalue weighted by Crippen LogP contribution is -1.99. The first-order chi connectivity index (χ1) is 11.7. The molecule has 0 aromatic heterocycles. The van der Waals surface area contributed by atoms with E-state index in [9.17, 15) is 4.79 Å². The minimum atomic E-state index is -0.318. The standard InChI is InChI=1S/C22H20O2/c1-3-24-22(23)14-13-20-19-12-8-7-11-18(19)16(2)15-21(20)17-9-5-4-6-10-17/h4-15H,3H2,1-2H3/b14-13+. The summed E-state index contributed by atoms with van der Waals surface area (Å²) in [6.07, 6.45) is 3.37. The highest BCUT2D eigenvalue weighted by atomic mass is 16.5. The zero-order valence-electron chi connectivity index (χ0n) is 14.0. The molecular formula is C22H20O2. The quantitative estimate of drug-likeness (QED) is 0.476. The molecule has 0 bridgehead atoms. The molecule has 0 radical (unpaired) electrons. The van der Waals surface area contributed by atoms with E-state index in [1.807, 2.05) is 43.3 Å².